The summed E-state index contributed by atoms with van der Waals surface area (Å²) in [6.07, 6.45) is 6.62. The molecular weight excluding hydrogens is 286 g/mol. The van der Waals surface area contributed by atoms with E-state index < -0.39 is 5.97 Å². The number of carbonyl (C=O) groups is 1. The van der Waals surface area contributed by atoms with Gasteiger partial charge in [-0.1, -0.05) is 6.92 Å². The number of nitrogens with zero attached hydrogens (tertiary/aromatic N) is 1. The lowest BCUT2D eigenvalue weighted by Crippen LogP contribution is -2.39. The van der Waals surface area contributed by atoms with Crippen LogP contribution in [0.3, 0.4) is 0 Å². The van der Waals surface area contributed by atoms with E-state index in [-0.39, 0.29) is 0 Å². The molecule has 1 aromatic rings. The van der Waals surface area contributed by atoms with Crippen LogP contribution in [0.25, 0.3) is 6.08 Å². The molecule has 0 radical (unpaired) electrons. The molecule has 0 amide bonds. The third-order valence-electron chi connectivity index (χ3n) is 3.47. The second kappa shape index (κ2) is 8.32. The van der Waals surface area contributed by atoms with E-state index in [9.17, 15) is 4.79 Å². The summed E-state index contributed by atoms with van der Waals surface area (Å²) in [6, 6.07) is 4.07. The molecule has 2 heterocycles. The van der Waals surface area contributed by atoms with Crippen LogP contribution in [0.1, 0.15) is 35.9 Å². The predicted octanol–water partition coefficient (Wildman–Crippen LogP) is 3.24. The SMILES string of the molecule is CCCOC1CCCN(Cc2ccc(C=CC(=O)O)s2)C1. The normalized spacial score (nSPS) is 20.1. The van der Waals surface area contributed by atoms with E-state index in [2.05, 4.69) is 17.9 Å². The Bertz CT molecular complexity index is 484. The van der Waals surface area contributed by atoms with Gasteiger partial charge in [0.05, 0.1) is 6.10 Å². The monoisotopic (exact) mass is 309 g/mol. The molecule has 1 aliphatic rings. The van der Waals surface area contributed by atoms with Crippen molar-refractivity contribution < 1.29 is 14.6 Å². The Morgan fingerprint density at radius 3 is 3.19 bits per heavy atom. The molecule has 1 N–H and O–H groups in total. The van der Waals surface area contributed by atoms with Gasteiger partial charge in [-0.15, -0.1) is 11.3 Å². The van der Waals surface area contributed by atoms with Crippen LogP contribution in [0.4, 0.5) is 0 Å². The second-order valence-electron chi connectivity index (χ2n) is 5.35. The molecule has 1 aliphatic heterocycles. The van der Waals surface area contributed by atoms with Gasteiger partial charge < -0.3 is 9.84 Å². The van der Waals surface area contributed by atoms with Crippen LogP contribution in [-0.4, -0.2) is 41.8 Å². The second-order valence-corrected chi connectivity index (χ2v) is 6.55. The van der Waals surface area contributed by atoms with Crippen LogP contribution in [0.15, 0.2) is 18.2 Å². The molecule has 116 valence electrons. The zero-order valence-corrected chi connectivity index (χ0v) is 13.3. The summed E-state index contributed by atoms with van der Waals surface area (Å²) in [5.74, 6) is -0.906. The molecule has 0 saturated carbocycles. The molecule has 21 heavy (non-hydrogen) atoms. The molecular formula is C16H23NO3S. The van der Waals surface area contributed by atoms with Gasteiger partial charge >= 0.3 is 5.97 Å². The quantitative estimate of drug-likeness (QED) is 0.786. The van der Waals surface area contributed by atoms with E-state index in [0.717, 1.165) is 44.0 Å². The lowest BCUT2D eigenvalue weighted by molar-refractivity contribution is -0.131. The van der Waals surface area contributed by atoms with Gasteiger partial charge in [0.1, 0.15) is 0 Å². The van der Waals surface area contributed by atoms with Crippen LogP contribution < -0.4 is 0 Å². The third-order valence-corrected chi connectivity index (χ3v) is 4.51. The van der Waals surface area contributed by atoms with Crippen molar-refractivity contribution in [3.05, 3.63) is 28.0 Å². The molecule has 5 heteroatoms. The summed E-state index contributed by atoms with van der Waals surface area (Å²) >= 11 is 1.65. The van der Waals surface area contributed by atoms with Crippen LogP contribution in [0.5, 0.6) is 0 Å². The molecule has 1 saturated heterocycles. The lowest BCUT2D eigenvalue weighted by atomic mass is 10.1. The molecule has 0 bridgehead atoms. The van der Waals surface area contributed by atoms with E-state index in [4.69, 9.17) is 9.84 Å². The summed E-state index contributed by atoms with van der Waals surface area (Å²) in [4.78, 5) is 15.2. The zero-order chi connectivity index (χ0) is 15.1. The Balaban J connectivity index is 1.85. The number of hydrogen-bond acceptors (Lipinski definition) is 4. The maximum Gasteiger partial charge on any atom is 0.328 e. The van der Waals surface area contributed by atoms with E-state index in [1.807, 2.05) is 6.07 Å². The number of piperidine rings is 1. The van der Waals surface area contributed by atoms with Gasteiger partial charge in [-0.3, -0.25) is 4.90 Å². The van der Waals surface area contributed by atoms with E-state index in [0.29, 0.717) is 6.10 Å². The highest BCUT2D eigenvalue weighted by Gasteiger charge is 2.20. The van der Waals surface area contributed by atoms with Crippen molar-refractivity contribution in [2.45, 2.75) is 38.8 Å². The minimum Gasteiger partial charge on any atom is -0.478 e. The molecule has 0 aliphatic carbocycles. The summed E-state index contributed by atoms with van der Waals surface area (Å²) in [7, 11) is 0. The summed E-state index contributed by atoms with van der Waals surface area (Å²) in [5.41, 5.74) is 0. The highest BCUT2D eigenvalue weighted by molar-refractivity contribution is 7.12. The number of aliphatic carboxylic acids is 1. The topological polar surface area (TPSA) is 49.8 Å². The van der Waals surface area contributed by atoms with E-state index >= 15 is 0 Å². The third kappa shape index (κ3) is 5.61. The van der Waals surface area contributed by atoms with Crippen molar-refractivity contribution >= 4 is 23.4 Å². The lowest BCUT2D eigenvalue weighted by Gasteiger charge is -2.32. The Morgan fingerprint density at radius 1 is 1.57 bits per heavy atom. The molecule has 1 unspecified atom stereocenters. The van der Waals surface area contributed by atoms with Crippen LogP contribution in [0.2, 0.25) is 0 Å². The maximum atomic E-state index is 10.5. The number of likely N-dealkylation sites (tertiary alicyclic amines) is 1. The average Bonchev–Trinajstić information content (AvgIpc) is 2.91. The average molecular weight is 309 g/mol. The van der Waals surface area contributed by atoms with Gasteiger partial charge in [-0.25, -0.2) is 4.79 Å². The van der Waals surface area contributed by atoms with Crippen LogP contribution in [0, 0.1) is 0 Å². The van der Waals surface area contributed by atoms with Gasteiger partial charge in [-0.05, 0) is 44.0 Å². The molecule has 0 aromatic carbocycles. The first-order valence-electron chi connectivity index (χ1n) is 7.51. The van der Waals surface area contributed by atoms with E-state index in [1.54, 1.807) is 17.4 Å². The number of ether oxygens (including phenoxy) is 1. The Labute approximate surface area is 130 Å². The summed E-state index contributed by atoms with van der Waals surface area (Å²) in [5, 5.41) is 8.64. The van der Waals surface area contributed by atoms with Gasteiger partial charge in [0.2, 0.25) is 0 Å². The zero-order valence-electron chi connectivity index (χ0n) is 12.5. The summed E-state index contributed by atoms with van der Waals surface area (Å²) < 4.78 is 5.86. The molecule has 2 rings (SSSR count). The first-order valence-corrected chi connectivity index (χ1v) is 8.32. The summed E-state index contributed by atoms with van der Waals surface area (Å²) in [6.45, 7) is 6.03. The molecule has 1 fully saturated rings. The first kappa shape index (κ1) is 16.2. The van der Waals surface area contributed by atoms with Crippen molar-refractivity contribution in [3.63, 3.8) is 0 Å². The molecule has 1 aromatic heterocycles. The van der Waals surface area contributed by atoms with Crippen LogP contribution >= 0.6 is 11.3 Å². The number of thiophene rings is 1. The molecule has 0 spiro atoms. The van der Waals surface area contributed by atoms with Crippen molar-refractivity contribution in [2.75, 3.05) is 19.7 Å². The molecule has 4 nitrogen and oxygen atoms in total. The smallest absolute Gasteiger partial charge is 0.328 e. The van der Waals surface area contributed by atoms with Crippen molar-refractivity contribution in [1.82, 2.24) is 4.90 Å². The van der Waals surface area contributed by atoms with Gasteiger partial charge in [0, 0.05) is 35.5 Å². The number of carboxylic acid groups (broad SMARTS) is 1. The minimum atomic E-state index is -0.906. The van der Waals surface area contributed by atoms with Gasteiger partial charge in [0.15, 0.2) is 0 Å². The van der Waals surface area contributed by atoms with Crippen LogP contribution in [-0.2, 0) is 16.1 Å². The van der Waals surface area contributed by atoms with Crippen molar-refractivity contribution in [3.8, 4) is 0 Å². The van der Waals surface area contributed by atoms with Gasteiger partial charge in [-0.2, -0.15) is 0 Å². The fourth-order valence-corrected chi connectivity index (χ4v) is 3.48. The first-order chi connectivity index (χ1) is 10.2. The van der Waals surface area contributed by atoms with E-state index in [1.165, 1.54) is 17.4 Å². The predicted molar refractivity (Wildman–Crippen MR) is 85.5 cm³/mol. The minimum absolute atomic E-state index is 0.366. The number of carboxylic acids is 1. The van der Waals surface area contributed by atoms with Gasteiger partial charge in [0.25, 0.3) is 0 Å². The Kier molecular flexibility index (Phi) is 6.42. The highest BCUT2D eigenvalue weighted by atomic mass is 32.1. The molecule has 1 atom stereocenters. The fraction of sp³-hybridized carbons (Fsp3) is 0.562. The highest BCUT2D eigenvalue weighted by Crippen LogP contribution is 2.22. The maximum absolute atomic E-state index is 10.5. The largest absolute Gasteiger partial charge is 0.478 e. The van der Waals surface area contributed by atoms with Crippen molar-refractivity contribution in [1.29, 1.82) is 0 Å². The Morgan fingerprint density at radius 2 is 2.43 bits per heavy atom. The fourth-order valence-electron chi connectivity index (χ4n) is 2.52. The van der Waals surface area contributed by atoms with Crippen molar-refractivity contribution in [2.24, 2.45) is 0 Å². The Hall–Kier alpha value is -1.17. The number of rotatable bonds is 7. The number of hydrogen-bond donors (Lipinski definition) is 1. The standard InChI is InChI=1S/C16H23NO3S/c1-2-10-20-13-4-3-9-17(11-13)12-15-6-5-14(21-15)7-8-16(18)19/h5-8,13H,2-4,9-12H2,1H3,(H,18,19).